The lowest BCUT2D eigenvalue weighted by Crippen LogP contribution is -2.46. The maximum absolute atomic E-state index is 12.1. The number of nitrogens with two attached hydrogens (primary N) is 1. The predicted molar refractivity (Wildman–Crippen MR) is 88.0 cm³/mol. The SMILES string of the molecule is NS(=O)(=O)C1CC(=O)N(C2CCN(Cc3ccccc3)CC2)C1. The van der Waals surface area contributed by atoms with E-state index >= 15 is 0 Å². The van der Waals surface area contributed by atoms with Crippen molar-refractivity contribution in [3.63, 3.8) is 0 Å². The zero-order valence-electron chi connectivity index (χ0n) is 13.1. The van der Waals surface area contributed by atoms with Gasteiger partial charge in [0.25, 0.3) is 0 Å². The molecule has 2 fully saturated rings. The highest BCUT2D eigenvalue weighted by Gasteiger charge is 2.40. The summed E-state index contributed by atoms with van der Waals surface area (Å²) in [6.07, 6.45) is 1.80. The smallest absolute Gasteiger partial charge is 0.224 e. The summed E-state index contributed by atoms with van der Waals surface area (Å²) in [5.74, 6) is -0.0782. The van der Waals surface area contributed by atoms with Crippen molar-refractivity contribution in [3.05, 3.63) is 35.9 Å². The second kappa shape index (κ2) is 6.59. The summed E-state index contributed by atoms with van der Waals surface area (Å²) in [5, 5.41) is 4.45. The third-order valence-electron chi connectivity index (χ3n) is 4.83. The summed E-state index contributed by atoms with van der Waals surface area (Å²) in [6, 6.07) is 10.5. The number of carbonyl (C=O) groups excluding carboxylic acids is 1. The van der Waals surface area contributed by atoms with Gasteiger partial charge in [-0.2, -0.15) is 0 Å². The fourth-order valence-corrected chi connectivity index (χ4v) is 4.24. The molecule has 0 bridgehead atoms. The Morgan fingerprint density at radius 3 is 2.35 bits per heavy atom. The molecule has 3 rings (SSSR count). The molecule has 0 aliphatic carbocycles. The summed E-state index contributed by atoms with van der Waals surface area (Å²) in [7, 11) is -3.63. The Bertz CT molecular complexity index is 654. The Balaban J connectivity index is 1.54. The van der Waals surface area contributed by atoms with Crippen LogP contribution in [0.15, 0.2) is 30.3 Å². The summed E-state index contributed by atoms with van der Waals surface area (Å²) >= 11 is 0. The second-order valence-electron chi connectivity index (χ2n) is 6.45. The molecule has 126 valence electrons. The van der Waals surface area contributed by atoms with E-state index < -0.39 is 15.3 Å². The van der Waals surface area contributed by atoms with Crippen LogP contribution in [0.3, 0.4) is 0 Å². The number of primary sulfonamides is 1. The Morgan fingerprint density at radius 1 is 1.13 bits per heavy atom. The number of hydrogen-bond acceptors (Lipinski definition) is 4. The first kappa shape index (κ1) is 16.4. The minimum absolute atomic E-state index is 0.0308. The van der Waals surface area contributed by atoms with E-state index in [1.807, 2.05) is 18.2 Å². The molecule has 2 saturated heterocycles. The van der Waals surface area contributed by atoms with Crippen LogP contribution in [0.25, 0.3) is 0 Å². The molecular formula is C16H23N3O3S. The van der Waals surface area contributed by atoms with E-state index in [4.69, 9.17) is 5.14 Å². The molecule has 0 aromatic heterocycles. The molecule has 2 N–H and O–H groups in total. The number of benzene rings is 1. The summed E-state index contributed by atoms with van der Waals surface area (Å²) in [4.78, 5) is 16.2. The Kier molecular flexibility index (Phi) is 4.70. The van der Waals surface area contributed by atoms with Crippen molar-refractivity contribution in [3.8, 4) is 0 Å². The van der Waals surface area contributed by atoms with E-state index in [1.54, 1.807) is 4.90 Å². The van der Waals surface area contributed by atoms with Crippen molar-refractivity contribution < 1.29 is 13.2 Å². The van der Waals surface area contributed by atoms with Gasteiger partial charge >= 0.3 is 0 Å². The monoisotopic (exact) mass is 337 g/mol. The number of likely N-dealkylation sites (tertiary alicyclic amines) is 2. The van der Waals surface area contributed by atoms with Crippen molar-refractivity contribution in [1.82, 2.24) is 9.80 Å². The van der Waals surface area contributed by atoms with E-state index in [0.717, 1.165) is 32.5 Å². The van der Waals surface area contributed by atoms with Crippen molar-refractivity contribution in [2.45, 2.75) is 37.1 Å². The molecule has 1 unspecified atom stereocenters. The Morgan fingerprint density at radius 2 is 1.78 bits per heavy atom. The van der Waals surface area contributed by atoms with Gasteiger partial charge in [0.05, 0.1) is 0 Å². The van der Waals surface area contributed by atoms with Gasteiger partial charge in [-0.15, -0.1) is 0 Å². The first-order valence-corrected chi connectivity index (χ1v) is 9.62. The van der Waals surface area contributed by atoms with Gasteiger partial charge in [0.15, 0.2) is 0 Å². The van der Waals surface area contributed by atoms with Crippen LogP contribution in [0.1, 0.15) is 24.8 Å². The summed E-state index contributed by atoms with van der Waals surface area (Å²) < 4.78 is 22.9. The van der Waals surface area contributed by atoms with Crippen LogP contribution in [0.2, 0.25) is 0 Å². The van der Waals surface area contributed by atoms with Crippen LogP contribution in [0.5, 0.6) is 0 Å². The number of nitrogens with zero attached hydrogens (tertiary/aromatic N) is 2. The summed E-state index contributed by atoms with van der Waals surface area (Å²) in [5.41, 5.74) is 1.29. The van der Waals surface area contributed by atoms with Crippen molar-refractivity contribution >= 4 is 15.9 Å². The molecule has 6 nitrogen and oxygen atoms in total. The Labute approximate surface area is 137 Å². The topological polar surface area (TPSA) is 83.7 Å². The van der Waals surface area contributed by atoms with Crippen LogP contribution < -0.4 is 5.14 Å². The molecule has 2 aliphatic heterocycles. The number of piperidine rings is 1. The van der Waals surface area contributed by atoms with Gasteiger partial charge < -0.3 is 4.90 Å². The third kappa shape index (κ3) is 3.91. The van der Waals surface area contributed by atoms with Gasteiger partial charge in [0, 0.05) is 38.6 Å². The van der Waals surface area contributed by atoms with Crippen LogP contribution >= 0.6 is 0 Å². The number of amides is 1. The van der Waals surface area contributed by atoms with E-state index in [9.17, 15) is 13.2 Å². The Hall–Kier alpha value is -1.44. The zero-order valence-corrected chi connectivity index (χ0v) is 13.9. The van der Waals surface area contributed by atoms with Gasteiger partial charge in [-0.3, -0.25) is 9.69 Å². The fourth-order valence-electron chi connectivity index (χ4n) is 3.50. The molecule has 1 atom stereocenters. The van der Waals surface area contributed by atoms with Crippen molar-refractivity contribution in [2.75, 3.05) is 19.6 Å². The lowest BCUT2D eigenvalue weighted by molar-refractivity contribution is -0.130. The van der Waals surface area contributed by atoms with Gasteiger partial charge in [0.1, 0.15) is 5.25 Å². The second-order valence-corrected chi connectivity index (χ2v) is 8.30. The molecule has 0 saturated carbocycles. The minimum Gasteiger partial charge on any atom is -0.338 e. The highest BCUT2D eigenvalue weighted by Crippen LogP contribution is 2.25. The normalized spacial score (nSPS) is 24.3. The van der Waals surface area contributed by atoms with E-state index in [0.29, 0.717) is 0 Å². The average molecular weight is 337 g/mol. The number of carbonyl (C=O) groups is 1. The van der Waals surface area contributed by atoms with Crippen LogP contribution in [0, 0.1) is 0 Å². The average Bonchev–Trinajstić information content (AvgIpc) is 2.91. The quantitative estimate of drug-likeness (QED) is 0.869. The highest BCUT2D eigenvalue weighted by molar-refractivity contribution is 7.89. The van der Waals surface area contributed by atoms with Gasteiger partial charge in [-0.05, 0) is 18.4 Å². The number of rotatable bonds is 4. The molecule has 2 heterocycles. The molecule has 0 radical (unpaired) electrons. The first-order chi connectivity index (χ1) is 10.9. The molecule has 23 heavy (non-hydrogen) atoms. The molecule has 1 aromatic rings. The predicted octanol–water partition coefficient (Wildman–Crippen LogP) is 0.540. The van der Waals surface area contributed by atoms with Crippen LogP contribution in [-0.4, -0.2) is 55.1 Å². The van der Waals surface area contributed by atoms with E-state index in [-0.39, 0.29) is 24.9 Å². The minimum atomic E-state index is -3.63. The lowest BCUT2D eigenvalue weighted by Gasteiger charge is -2.36. The zero-order chi connectivity index (χ0) is 16.4. The molecular weight excluding hydrogens is 314 g/mol. The number of sulfonamides is 1. The molecule has 1 amide bonds. The van der Waals surface area contributed by atoms with Gasteiger partial charge in [0.2, 0.25) is 15.9 Å². The molecule has 7 heteroatoms. The van der Waals surface area contributed by atoms with Crippen molar-refractivity contribution in [1.29, 1.82) is 0 Å². The largest absolute Gasteiger partial charge is 0.338 e. The number of hydrogen-bond donors (Lipinski definition) is 1. The van der Waals surface area contributed by atoms with Gasteiger partial charge in [-0.25, -0.2) is 13.6 Å². The van der Waals surface area contributed by atoms with E-state index in [1.165, 1.54) is 5.56 Å². The van der Waals surface area contributed by atoms with E-state index in [2.05, 4.69) is 17.0 Å². The molecule has 0 spiro atoms. The first-order valence-electron chi connectivity index (χ1n) is 8.01. The molecule has 2 aliphatic rings. The third-order valence-corrected chi connectivity index (χ3v) is 6.08. The van der Waals surface area contributed by atoms with Gasteiger partial charge in [-0.1, -0.05) is 30.3 Å². The summed E-state index contributed by atoms with van der Waals surface area (Å²) in [6.45, 7) is 3.01. The van der Waals surface area contributed by atoms with Crippen LogP contribution in [0.4, 0.5) is 0 Å². The maximum atomic E-state index is 12.1. The maximum Gasteiger partial charge on any atom is 0.224 e. The standard InChI is InChI=1S/C16H23N3O3S/c17-23(21,22)15-10-16(20)19(12-15)14-6-8-18(9-7-14)11-13-4-2-1-3-5-13/h1-5,14-15H,6-12H2,(H2,17,21,22). The van der Waals surface area contributed by atoms with Crippen molar-refractivity contribution in [2.24, 2.45) is 5.14 Å². The molecule has 1 aromatic carbocycles. The van der Waals surface area contributed by atoms with Crippen LogP contribution in [-0.2, 0) is 21.4 Å². The fraction of sp³-hybridized carbons (Fsp3) is 0.562. The highest BCUT2D eigenvalue weighted by atomic mass is 32.2. The lowest BCUT2D eigenvalue weighted by atomic mass is 10.0.